The molecule has 2 atom stereocenters. The number of hydrogen-bond acceptors (Lipinski definition) is 6. The van der Waals surface area contributed by atoms with Gasteiger partial charge in [0.15, 0.2) is 5.82 Å². The number of carbonyl (C=O) groups is 3. The average molecular weight is 499 g/mol. The number of nitrogens with one attached hydrogen (secondary N) is 2. The summed E-state index contributed by atoms with van der Waals surface area (Å²) >= 11 is 0. The van der Waals surface area contributed by atoms with Crippen molar-refractivity contribution >= 4 is 23.5 Å². The molecule has 36 heavy (non-hydrogen) atoms. The van der Waals surface area contributed by atoms with E-state index in [2.05, 4.69) is 22.7 Å². The number of aromatic nitrogens is 1. The molecular weight excluding hydrogens is 460 g/mol. The molecule has 0 aliphatic heterocycles. The SMILES string of the molecule is Cc1cc(NC(=O)CCC(=O)N(Cc2ccco2)[C@]2(C(=O)NC3CCCCC3)CCC[C@@H](C)C2)no1. The van der Waals surface area contributed by atoms with Gasteiger partial charge in [-0.15, -0.1) is 0 Å². The van der Waals surface area contributed by atoms with Crippen molar-refractivity contribution in [3.63, 3.8) is 0 Å². The van der Waals surface area contributed by atoms with Crippen LogP contribution in [0.3, 0.4) is 0 Å². The van der Waals surface area contributed by atoms with Crippen LogP contribution in [0.15, 0.2) is 33.4 Å². The van der Waals surface area contributed by atoms with Crippen molar-refractivity contribution < 1.29 is 23.3 Å². The molecule has 4 rings (SSSR count). The molecule has 2 aromatic rings. The van der Waals surface area contributed by atoms with Gasteiger partial charge in [-0.2, -0.15) is 0 Å². The van der Waals surface area contributed by atoms with E-state index in [1.807, 2.05) is 6.07 Å². The van der Waals surface area contributed by atoms with Crippen molar-refractivity contribution in [2.75, 3.05) is 5.32 Å². The first-order valence-corrected chi connectivity index (χ1v) is 13.2. The Balaban J connectivity index is 1.53. The summed E-state index contributed by atoms with van der Waals surface area (Å²) in [6.45, 7) is 4.08. The van der Waals surface area contributed by atoms with E-state index in [1.165, 1.54) is 6.42 Å². The number of nitrogens with zero attached hydrogens (tertiary/aromatic N) is 2. The molecule has 0 saturated heterocycles. The van der Waals surface area contributed by atoms with Crippen LogP contribution in [0, 0.1) is 12.8 Å². The summed E-state index contributed by atoms with van der Waals surface area (Å²) in [4.78, 5) is 41.9. The maximum atomic E-state index is 14.0. The topological polar surface area (TPSA) is 118 Å². The van der Waals surface area contributed by atoms with Crippen molar-refractivity contribution in [2.45, 2.75) is 103 Å². The first kappa shape index (κ1) is 26.0. The molecule has 2 aliphatic rings. The van der Waals surface area contributed by atoms with Gasteiger partial charge >= 0.3 is 0 Å². The summed E-state index contributed by atoms with van der Waals surface area (Å²) in [6, 6.07) is 5.37. The highest BCUT2D eigenvalue weighted by Gasteiger charge is 2.49. The molecule has 2 heterocycles. The lowest BCUT2D eigenvalue weighted by molar-refractivity contribution is -0.153. The van der Waals surface area contributed by atoms with Crippen LogP contribution in [0.25, 0.3) is 0 Å². The third-order valence-corrected chi connectivity index (χ3v) is 7.51. The Hall–Kier alpha value is -3.10. The summed E-state index contributed by atoms with van der Waals surface area (Å²) < 4.78 is 10.6. The van der Waals surface area contributed by atoms with Crippen LogP contribution >= 0.6 is 0 Å². The number of amides is 3. The molecule has 0 radical (unpaired) electrons. The van der Waals surface area contributed by atoms with Gasteiger partial charge in [0.25, 0.3) is 0 Å². The molecule has 9 nitrogen and oxygen atoms in total. The average Bonchev–Trinajstić information content (AvgIpc) is 3.53. The zero-order valence-corrected chi connectivity index (χ0v) is 21.4. The van der Waals surface area contributed by atoms with Crippen molar-refractivity contribution in [3.8, 4) is 0 Å². The van der Waals surface area contributed by atoms with Crippen LogP contribution in [0.2, 0.25) is 0 Å². The van der Waals surface area contributed by atoms with Crippen molar-refractivity contribution in [1.29, 1.82) is 0 Å². The lowest BCUT2D eigenvalue weighted by Crippen LogP contribution is -2.63. The van der Waals surface area contributed by atoms with E-state index >= 15 is 0 Å². The Morgan fingerprint density at radius 2 is 1.94 bits per heavy atom. The number of rotatable bonds is 9. The third-order valence-electron chi connectivity index (χ3n) is 7.51. The molecule has 2 aliphatic carbocycles. The quantitative estimate of drug-likeness (QED) is 0.516. The summed E-state index contributed by atoms with van der Waals surface area (Å²) in [5.74, 6) is 1.21. The van der Waals surface area contributed by atoms with E-state index in [1.54, 1.807) is 30.2 Å². The van der Waals surface area contributed by atoms with Gasteiger partial charge in [-0.05, 0) is 50.7 Å². The minimum atomic E-state index is -0.960. The van der Waals surface area contributed by atoms with Gasteiger partial charge in [0.1, 0.15) is 17.1 Å². The molecule has 0 unspecified atom stereocenters. The molecule has 2 saturated carbocycles. The van der Waals surface area contributed by atoms with Crippen LogP contribution in [-0.2, 0) is 20.9 Å². The molecule has 0 spiro atoms. The molecule has 3 amide bonds. The van der Waals surface area contributed by atoms with Crippen molar-refractivity contribution in [2.24, 2.45) is 5.92 Å². The number of aryl methyl sites for hydroxylation is 1. The molecule has 196 valence electrons. The molecule has 0 bridgehead atoms. The predicted molar refractivity (Wildman–Crippen MR) is 134 cm³/mol. The van der Waals surface area contributed by atoms with E-state index in [4.69, 9.17) is 8.94 Å². The van der Waals surface area contributed by atoms with Crippen LogP contribution in [0.4, 0.5) is 5.82 Å². The Bertz CT molecular complexity index is 1030. The lowest BCUT2D eigenvalue weighted by atomic mass is 9.74. The second-order valence-electron chi connectivity index (χ2n) is 10.5. The maximum Gasteiger partial charge on any atom is 0.246 e. The first-order valence-electron chi connectivity index (χ1n) is 13.2. The normalized spacial score (nSPS) is 22.7. The number of carbonyl (C=O) groups excluding carboxylic acids is 3. The lowest BCUT2D eigenvalue weighted by Gasteiger charge is -2.47. The van der Waals surface area contributed by atoms with Crippen LogP contribution in [0.5, 0.6) is 0 Å². The second-order valence-corrected chi connectivity index (χ2v) is 10.5. The fourth-order valence-electron chi connectivity index (χ4n) is 5.69. The number of anilines is 1. The molecule has 2 aromatic heterocycles. The van der Waals surface area contributed by atoms with Crippen molar-refractivity contribution in [3.05, 3.63) is 36.0 Å². The maximum absolute atomic E-state index is 14.0. The predicted octanol–water partition coefficient (Wildman–Crippen LogP) is 4.72. The third kappa shape index (κ3) is 6.36. The minimum Gasteiger partial charge on any atom is -0.467 e. The van der Waals surface area contributed by atoms with E-state index in [0.29, 0.717) is 36.1 Å². The van der Waals surface area contributed by atoms with Gasteiger partial charge in [0, 0.05) is 24.9 Å². The minimum absolute atomic E-state index is 0.0176. The first-order chi connectivity index (χ1) is 17.4. The zero-order chi connectivity index (χ0) is 25.5. The fraction of sp³-hybridized carbons (Fsp3) is 0.630. The van der Waals surface area contributed by atoms with Gasteiger partial charge in [-0.3, -0.25) is 14.4 Å². The molecule has 2 N–H and O–H groups in total. The number of hydrogen-bond donors (Lipinski definition) is 2. The van der Waals surface area contributed by atoms with Gasteiger partial charge in [0.05, 0.1) is 12.8 Å². The highest BCUT2D eigenvalue weighted by Crippen LogP contribution is 2.39. The summed E-state index contributed by atoms with van der Waals surface area (Å²) in [5, 5.41) is 9.74. The van der Waals surface area contributed by atoms with E-state index < -0.39 is 5.54 Å². The van der Waals surface area contributed by atoms with Crippen LogP contribution in [-0.4, -0.2) is 39.4 Å². The smallest absolute Gasteiger partial charge is 0.246 e. The Morgan fingerprint density at radius 3 is 2.61 bits per heavy atom. The zero-order valence-electron chi connectivity index (χ0n) is 21.4. The van der Waals surface area contributed by atoms with Crippen molar-refractivity contribution in [1.82, 2.24) is 15.4 Å². The van der Waals surface area contributed by atoms with Crippen LogP contribution < -0.4 is 10.6 Å². The Kier molecular flexibility index (Phi) is 8.48. The summed E-state index contributed by atoms with van der Waals surface area (Å²) in [6.07, 6.45) is 10.0. The summed E-state index contributed by atoms with van der Waals surface area (Å²) in [5.41, 5.74) is -0.960. The monoisotopic (exact) mass is 498 g/mol. The van der Waals surface area contributed by atoms with Gasteiger partial charge in [0.2, 0.25) is 17.7 Å². The van der Waals surface area contributed by atoms with Crippen LogP contribution in [0.1, 0.15) is 89.1 Å². The molecule has 0 aromatic carbocycles. The standard InChI is InChI=1S/C27H38N4O5/c1-19-8-6-14-27(17-19,26(34)28-21-9-4-3-5-10-21)31(18-22-11-7-15-35-22)25(33)13-12-24(32)29-23-16-20(2)36-30-23/h7,11,15-16,19,21H,3-6,8-10,12-14,17-18H2,1-2H3,(H,28,34)(H,29,30,32)/t19-,27-/m1/s1. The highest BCUT2D eigenvalue weighted by atomic mass is 16.5. The van der Waals surface area contributed by atoms with Gasteiger partial charge < -0.3 is 24.5 Å². The summed E-state index contributed by atoms with van der Waals surface area (Å²) in [7, 11) is 0. The van der Waals surface area contributed by atoms with Gasteiger partial charge in [-0.25, -0.2) is 0 Å². The Morgan fingerprint density at radius 1 is 1.14 bits per heavy atom. The Labute approximate surface area is 212 Å². The van der Waals surface area contributed by atoms with E-state index in [0.717, 1.165) is 38.5 Å². The highest BCUT2D eigenvalue weighted by molar-refractivity contribution is 5.95. The second kappa shape index (κ2) is 11.8. The van der Waals surface area contributed by atoms with E-state index in [-0.39, 0.29) is 43.1 Å². The fourth-order valence-corrected chi connectivity index (χ4v) is 5.69. The molecular formula is C27H38N4O5. The van der Waals surface area contributed by atoms with Gasteiger partial charge in [-0.1, -0.05) is 44.2 Å². The van der Waals surface area contributed by atoms with E-state index in [9.17, 15) is 14.4 Å². The largest absolute Gasteiger partial charge is 0.467 e. The number of furan rings is 1. The molecule has 2 fully saturated rings. The molecule has 9 heteroatoms.